The minimum atomic E-state index is -3.63. The van der Waals surface area contributed by atoms with Crippen molar-refractivity contribution >= 4 is 10.0 Å². The molecule has 0 spiro atoms. The Morgan fingerprint density at radius 2 is 1.90 bits per heavy atom. The van der Waals surface area contributed by atoms with Gasteiger partial charge in [-0.25, -0.2) is 13.1 Å². The molecule has 0 radical (unpaired) electrons. The quantitative estimate of drug-likeness (QED) is 0.804. The summed E-state index contributed by atoms with van der Waals surface area (Å²) >= 11 is 0. The molecule has 0 aliphatic heterocycles. The lowest BCUT2D eigenvalue weighted by atomic mass is 10.1. The SMILES string of the molecule is CCOc1ccc(S(=O)(=O)N[C@@H](CC)CO)c(C)c1C. The Kier molecular flexibility index (Phi) is 5.98. The van der Waals surface area contributed by atoms with E-state index in [1.165, 1.54) is 0 Å². The Hall–Kier alpha value is -1.11. The van der Waals surface area contributed by atoms with E-state index in [0.717, 1.165) is 5.56 Å². The maximum Gasteiger partial charge on any atom is 0.241 e. The largest absolute Gasteiger partial charge is 0.494 e. The first kappa shape index (κ1) is 16.9. The fourth-order valence-corrected chi connectivity index (χ4v) is 3.52. The topological polar surface area (TPSA) is 75.6 Å². The van der Waals surface area contributed by atoms with Crippen LogP contribution in [0.1, 0.15) is 31.4 Å². The van der Waals surface area contributed by atoms with Crippen LogP contribution in [-0.4, -0.2) is 32.8 Å². The molecule has 2 N–H and O–H groups in total. The molecule has 0 aliphatic rings. The van der Waals surface area contributed by atoms with Crippen LogP contribution in [0.4, 0.5) is 0 Å². The first-order chi connectivity index (χ1) is 9.37. The van der Waals surface area contributed by atoms with Gasteiger partial charge in [0.2, 0.25) is 10.0 Å². The van der Waals surface area contributed by atoms with Crippen LogP contribution >= 0.6 is 0 Å². The lowest BCUT2D eigenvalue weighted by molar-refractivity contribution is 0.254. The van der Waals surface area contributed by atoms with Crippen LogP contribution < -0.4 is 9.46 Å². The number of aliphatic hydroxyl groups excluding tert-OH is 1. The van der Waals surface area contributed by atoms with Gasteiger partial charge in [-0.3, -0.25) is 0 Å². The molecule has 114 valence electrons. The Morgan fingerprint density at radius 1 is 1.25 bits per heavy atom. The highest BCUT2D eigenvalue weighted by Crippen LogP contribution is 2.27. The Labute approximate surface area is 121 Å². The van der Waals surface area contributed by atoms with Crippen LogP contribution in [0.3, 0.4) is 0 Å². The van der Waals surface area contributed by atoms with Crippen LogP contribution in [0.2, 0.25) is 0 Å². The van der Waals surface area contributed by atoms with Crippen molar-refractivity contribution in [1.29, 1.82) is 0 Å². The van der Waals surface area contributed by atoms with E-state index in [1.807, 2.05) is 20.8 Å². The summed E-state index contributed by atoms with van der Waals surface area (Å²) in [6.45, 7) is 7.61. The summed E-state index contributed by atoms with van der Waals surface area (Å²) in [7, 11) is -3.63. The molecular weight excluding hydrogens is 278 g/mol. The molecule has 0 fully saturated rings. The summed E-state index contributed by atoms with van der Waals surface area (Å²) in [6, 6.07) is 2.74. The van der Waals surface area contributed by atoms with Crippen molar-refractivity contribution in [3.8, 4) is 5.75 Å². The van der Waals surface area contributed by atoms with Gasteiger partial charge in [0.05, 0.1) is 18.1 Å². The van der Waals surface area contributed by atoms with E-state index in [4.69, 9.17) is 9.84 Å². The van der Waals surface area contributed by atoms with E-state index in [1.54, 1.807) is 19.1 Å². The van der Waals surface area contributed by atoms with E-state index in [0.29, 0.717) is 24.3 Å². The van der Waals surface area contributed by atoms with Gasteiger partial charge >= 0.3 is 0 Å². The summed E-state index contributed by atoms with van der Waals surface area (Å²) in [5.74, 6) is 0.693. The molecular formula is C14H23NO4S. The van der Waals surface area contributed by atoms with Gasteiger partial charge in [0.25, 0.3) is 0 Å². The van der Waals surface area contributed by atoms with E-state index in [2.05, 4.69) is 4.72 Å². The van der Waals surface area contributed by atoms with Gasteiger partial charge in [-0.05, 0) is 50.5 Å². The summed E-state index contributed by atoms with van der Waals surface area (Å²) < 4.78 is 32.6. The van der Waals surface area contributed by atoms with Gasteiger partial charge in [0.15, 0.2) is 0 Å². The highest BCUT2D eigenvalue weighted by atomic mass is 32.2. The van der Waals surface area contributed by atoms with Gasteiger partial charge in [0.1, 0.15) is 5.75 Å². The number of hydrogen-bond acceptors (Lipinski definition) is 4. The molecule has 0 bridgehead atoms. The van der Waals surface area contributed by atoms with Crippen LogP contribution in [0, 0.1) is 13.8 Å². The molecule has 1 aromatic rings. The van der Waals surface area contributed by atoms with Crippen LogP contribution in [0.25, 0.3) is 0 Å². The standard InChI is InChI=1S/C14H23NO4S/c1-5-12(9-16)15-20(17,18)14-8-7-13(19-6-2)10(3)11(14)4/h7-8,12,15-16H,5-6,9H2,1-4H3/t12-/m0/s1. The van der Waals surface area contributed by atoms with Crippen molar-refractivity contribution in [2.24, 2.45) is 0 Å². The fraction of sp³-hybridized carbons (Fsp3) is 0.571. The van der Waals surface area contributed by atoms with Crippen molar-refractivity contribution in [2.75, 3.05) is 13.2 Å². The molecule has 0 aromatic heterocycles. The van der Waals surface area contributed by atoms with Gasteiger partial charge in [0, 0.05) is 6.04 Å². The fourth-order valence-electron chi connectivity index (χ4n) is 1.91. The molecule has 1 aromatic carbocycles. The number of hydrogen-bond donors (Lipinski definition) is 2. The van der Waals surface area contributed by atoms with E-state index in [-0.39, 0.29) is 11.5 Å². The molecule has 1 rings (SSSR count). The summed E-state index contributed by atoms with van der Waals surface area (Å²) in [5.41, 5.74) is 1.48. The third-order valence-electron chi connectivity index (χ3n) is 3.31. The highest BCUT2D eigenvalue weighted by Gasteiger charge is 2.22. The van der Waals surface area contributed by atoms with Crippen LogP contribution in [0.5, 0.6) is 5.75 Å². The molecule has 5 nitrogen and oxygen atoms in total. The minimum absolute atomic E-state index is 0.217. The van der Waals surface area contributed by atoms with Crippen LogP contribution in [-0.2, 0) is 10.0 Å². The second-order valence-corrected chi connectivity index (χ2v) is 6.34. The number of benzene rings is 1. The summed E-state index contributed by atoms with van der Waals surface area (Å²) in [4.78, 5) is 0.227. The second-order valence-electron chi connectivity index (χ2n) is 4.65. The first-order valence-corrected chi connectivity index (χ1v) is 8.21. The van der Waals surface area contributed by atoms with E-state index < -0.39 is 16.1 Å². The predicted octanol–water partition coefficient (Wildman–Crippen LogP) is 1.75. The van der Waals surface area contributed by atoms with Gasteiger partial charge in [-0.2, -0.15) is 0 Å². The predicted molar refractivity (Wildman–Crippen MR) is 78.6 cm³/mol. The number of aliphatic hydroxyl groups is 1. The van der Waals surface area contributed by atoms with Gasteiger partial charge in [-0.15, -0.1) is 0 Å². The van der Waals surface area contributed by atoms with Gasteiger partial charge in [-0.1, -0.05) is 6.92 Å². The highest BCUT2D eigenvalue weighted by molar-refractivity contribution is 7.89. The van der Waals surface area contributed by atoms with Gasteiger partial charge < -0.3 is 9.84 Å². The third kappa shape index (κ3) is 3.71. The summed E-state index contributed by atoms with van der Waals surface area (Å²) in [5, 5.41) is 9.13. The number of nitrogens with one attached hydrogen (secondary N) is 1. The molecule has 1 atom stereocenters. The smallest absolute Gasteiger partial charge is 0.241 e. The van der Waals surface area contributed by atoms with E-state index >= 15 is 0 Å². The monoisotopic (exact) mass is 301 g/mol. The molecule has 0 aliphatic carbocycles. The average Bonchev–Trinajstić information content (AvgIpc) is 2.41. The Morgan fingerprint density at radius 3 is 2.40 bits per heavy atom. The second kappa shape index (κ2) is 7.06. The maximum absolute atomic E-state index is 12.3. The molecule has 0 saturated carbocycles. The van der Waals surface area contributed by atoms with Crippen molar-refractivity contribution in [2.45, 2.75) is 45.1 Å². The molecule has 0 saturated heterocycles. The Balaban J connectivity index is 3.16. The minimum Gasteiger partial charge on any atom is -0.494 e. The molecule has 0 heterocycles. The maximum atomic E-state index is 12.3. The van der Waals surface area contributed by atoms with Crippen molar-refractivity contribution in [3.05, 3.63) is 23.3 Å². The molecule has 6 heteroatoms. The first-order valence-electron chi connectivity index (χ1n) is 6.73. The number of rotatable bonds is 7. The zero-order chi connectivity index (χ0) is 15.3. The average molecular weight is 301 g/mol. The third-order valence-corrected chi connectivity index (χ3v) is 4.98. The molecule has 0 amide bonds. The number of sulfonamides is 1. The lowest BCUT2D eigenvalue weighted by Crippen LogP contribution is -2.37. The zero-order valence-corrected chi connectivity index (χ0v) is 13.3. The number of ether oxygens (including phenoxy) is 1. The lowest BCUT2D eigenvalue weighted by Gasteiger charge is -2.17. The van der Waals surface area contributed by atoms with Crippen molar-refractivity contribution in [3.63, 3.8) is 0 Å². The van der Waals surface area contributed by atoms with Crippen molar-refractivity contribution in [1.82, 2.24) is 4.72 Å². The summed E-state index contributed by atoms with van der Waals surface area (Å²) in [6.07, 6.45) is 0.533. The molecule has 20 heavy (non-hydrogen) atoms. The Bertz CT molecular complexity index is 551. The molecule has 0 unspecified atom stereocenters. The van der Waals surface area contributed by atoms with E-state index in [9.17, 15) is 8.42 Å². The van der Waals surface area contributed by atoms with Crippen molar-refractivity contribution < 1.29 is 18.3 Å². The van der Waals surface area contributed by atoms with Crippen LogP contribution in [0.15, 0.2) is 17.0 Å². The normalized spacial score (nSPS) is 13.2. The zero-order valence-electron chi connectivity index (χ0n) is 12.4.